The Balaban J connectivity index is 1.90. The molecule has 1 aromatic carbocycles. The summed E-state index contributed by atoms with van der Waals surface area (Å²) >= 11 is 17.4. The molecule has 2 N–H and O–H groups in total. The number of hydrogen-bond donors (Lipinski definition) is 2. The van der Waals surface area contributed by atoms with E-state index in [1.165, 1.54) is 6.20 Å². The highest BCUT2D eigenvalue weighted by Crippen LogP contribution is 2.24. The molecule has 0 aliphatic carbocycles. The predicted molar refractivity (Wildman–Crippen MR) is 91.1 cm³/mol. The number of nitriles is 1. The molecule has 0 amide bonds. The molecular weight excluding hydrogens is 341 g/mol. The van der Waals surface area contributed by atoms with E-state index in [9.17, 15) is 0 Å². The van der Waals surface area contributed by atoms with Gasteiger partial charge in [-0.05, 0) is 42.4 Å². The molecule has 0 aliphatic heterocycles. The third-order valence-electron chi connectivity index (χ3n) is 2.80. The van der Waals surface area contributed by atoms with E-state index in [4.69, 9.17) is 40.7 Å². The lowest BCUT2D eigenvalue weighted by molar-refractivity contribution is 0.872. The molecule has 0 fully saturated rings. The minimum Gasteiger partial charge on any atom is -0.362 e. The third kappa shape index (κ3) is 4.28. The van der Waals surface area contributed by atoms with E-state index < -0.39 is 0 Å². The lowest BCUT2D eigenvalue weighted by atomic mass is 10.1. The van der Waals surface area contributed by atoms with Crippen LogP contribution in [0.1, 0.15) is 11.1 Å². The van der Waals surface area contributed by atoms with Crippen LogP contribution in [0.4, 0.5) is 5.82 Å². The van der Waals surface area contributed by atoms with Crippen molar-refractivity contribution in [1.82, 2.24) is 15.5 Å². The quantitative estimate of drug-likeness (QED) is 0.824. The van der Waals surface area contributed by atoms with Crippen LogP contribution in [0, 0.1) is 11.3 Å². The van der Waals surface area contributed by atoms with E-state index in [-0.39, 0.29) is 0 Å². The number of anilines is 1. The molecule has 0 atom stereocenters. The zero-order valence-corrected chi connectivity index (χ0v) is 13.6. The van der Waals surface area contributed by atoms with Crippen LogP contribution in [-0.2, 0) is 6.42 Å². The molecule has 5 nitrogen and oxygen atoms in total. The van der Waals surface area contributed by atoms with Crippen LogP contribution >= 0.6 is 35.4 Å². The molecule has 1 aromatic heterocycles. The number of thiocarbonyl (C=S) groups is 1. The molecule has 0 radical (unpaired) electrons. The van der Waals surface area contributed by atoms with Gasteiger partial charge in [0.25, 0.3) is 0 Å². The average Bonchev–Trinajstić information content (AvgIpc) is 2.51. The number of hydrogen-bond acceptors (Lipinski definition) is 4. The topological polar surface area (TPSA) is 73.6 Å². The van der Waals surface area contributed by atoms with Gasteiger partial charge in [0, 0.05) is 16.6 Å². The van der Waals surface area contributed by atoms with Gasteiger partial charge in [0.2, 0.25) is 0 Å². The van der Waals surface area contributed by atoms with Crippen LogP contribution in [-0.4, -0.2) is 21.9 Å². The van der Waals surface area contributed by atoms with Crippen molar-refractivity contribution in [3.05, 3.63) is 51.6 Å². The first-order valence-electron chi connectivity index (χ1n) is 6.31. The maximum absolute atomic E-state index is 8.97. The smallest absolute Gasteiger partial charge is 0.172 e. The molecule has 8 heteroatoms. The minimum absolute atomic E-state index is 0.318. The maximum atomic E-state index is 8.97. The Hall–Kier alpha value is -1.94. The molecule has 2 rings (SSSR count). The van der Waals surface area contributed by atoms with Crippen molar-refractivity contribution in [1.29, 1.82) is 5.26 Å². The van der Waals surface area contributed by atoms with E-state index in [1.807, 2.05) is 6.07 Å². The fraction of sp³-hybridized carbons (Fsp3) is 0.143. The van der Waals surface area contributed by atoms with E-state index in [2.05, 4.69) is 20.8 Å². The van der Waals surface area contributed by atoms with Crippen molar-refractivity contribution in [2.24, 2.45) is 0 Å². The molecule has 2 aromatic rings. The van der Waals surface area contributed by atoms with Gasteiger partial charge in [0.05, 0.1) is 11.8 Å². The molecule has 22 heavy (non-hydrogen) atoms. The monoisotopic (exact) mass is 351 g/mol. The molecule has 112 valence electrons. The average molecular weight is 352 g/mol. The van der Waals surface area contributed by atoms with Crippen LogP contribution in [0.3, 0.4) is 0 Å². The van der Waals surface area contributed by atoms with Gasteiger partial charge in [-0.1, -0.05) is 29.3 Å². The van der Waals surface area contributed by atoms with Gasteiger partial charge in [0.15, 0.2) is 10.9 Å². The lowest BCUT2D eigenvalue weighted by Gasteiger charge is -2.11. The fourth-order valence-electron chi connectivity index (χ4n) is 1.74. The first-order chi connectivity index (χ1) is 10.6. The predicted octanol–water partition coefficient (Wildman–Crippen LogP) is 3.18. The van der Waals surface area contributed by atoms with Crippen molar-refractivity contribution < 1.29 is 0 Å². The Bertz CT molecular complexity index is 709. The van der Waals surface area contributed by atoms with E-state index in [0.717, 1.165) is 5.56 Å². The first-order valence-corrected chi connectivity index (χ1v) is 7.47. The Morgan fingerprint density at radius 3 is 2.68 bits per heavy atom. The number of nitrogens with zero attached hydrogens (tertiary/aromatic N) is 3. The largest absolute Gasteiger partial charge is 0.362 e. The highest BCUT2D eigenvalue weighted by molar-refractivity contribution is 7.80. The van der Waals surface area contributed by atoms with E-state index in [1.54, 1.807) is 24.3 Å². The van der Waals surface area contributed by atoms with Crippen LogP contribution in [0.25, 0.3) is 0 Å². The summed E-state index contributed by atoms with van der Waals surface area (Å²) in [6, 6.07) is 8.94. The summed E-state index contributed by atoms with van der Waals surface area (Å²) in [7, 11) is 0. The number of benzene rings is 1. The van der Waals surface area contributed by atoms with Gasteiger partial charge in [0.1, 0.15) is 6.07 Å². The SMILES string of the molecule is N#Cc1ccnnc1NC(=S)NCCc1c(Cl)cccc1Cl. The summed E-state index contributed by atoms with van der Waals surface area (Å²) in [4.78, 5) is 0. The number of nitrogens with one attached hydrogen (secondary N) is 2. The normalized spacial score (nSPS) is 9.86. The van der Waals surface area contributed by atoms with Gasteiger partial charge in [-0.2, -0.15) is 10.4 Å². The Labute approximate surface area is 143 Å². The van der Waals surface area contributed by atoms with Crippen LogP contribution in [0.15, 0.2) is 30.5 Å². The van der Waals surface area contributed by atoms with E-state index >= 15 is 0 Å². The van der Waals surface area contributed by atoms with Gasteiger partial charge in [-0.15, -0.1) is 5.10 Å². The molecule has 0 unspecified atom stereocenters. The fourth-order valence-corrected chi connectivity index (χ4v) is 2.52. The number of aromatic nitrogens is 2. The van der Waals surface area contributed by atoms with E-state index in [0.29, 0.717) is 39.5 Å². The molecule has 0 spiro atoms. The summed E-state index contributed by atoms with van der Waals surface area (Å²) in [5.74, 6) is 0.318. The molecule has 0 bridgehead atoms. The maximum Gasteiger partial charge on any atom is 0.172 e. The second-order valence-corrected chi connectivity index (χ2v) is 5.46. The Morgan fingerprint density at radius 1 is 1.27 bits per heavy atom. The van der Waals surface area contributed by atoms with Crippen LogP contribution in [0.5, 0.6) is 0 Å². The van der Waals surface area contributed by atoms with Crippen molar-refractivity contribution in [2.75, 3.05) is 11.9 Å². The van der Waals surface area contributed by atoms with Crippen molar-refractivity contribution in [3.8, 4) is 6.07 Å². The highest BCUT2D eigenvalue weighted by atomic mass is 35.5. The standard InChI is InChI=1S/C14H11Cl2N5S/c15-11-2-1-3-12(16)10(11)5-6-18-14(22)20-13-9(8-17)4-7-19-21-13/h1-4,7H,5-6H2,(H2,18,20,21,22). The van der Waals surface area contributed by atoms with Crippen LogP contribution in [0.2, 0.25) is 10.0 Å². The molecular formula is C14H11Cl2N5S. The third-order valence-corrected chi connectivity index (χ3v) is 3.75. The Kier molecular flexibility index (Phi) is 5.90. The first kappa shape index (κ1) is 16.4. The zero-order valence-electron chi connectivity index (χ0n) is 11.3. The highest BCUT2D eigenvalue weighted by Gasteiger charge is 2.07. The second-order valence-electron chi connectivity index (χ2n) is 4.24. The van der Waals surface area contributed by atoms with Gasteiger partial charge < -0.3 is 10.6 Å². The van der Waals surface area contributed by atoms with Gasteiger partial charge in [-0.3, -0.25) is 0 Å². The van der Waals surface area contributed by atoms with Crippen molar-refractivity contribution >= 4 is 46.4 Å². The Morgan fingerprint density at radius 2 is 2.00 bits per heavy atom. The summed E-state index contributed by atoms with van der Waals surface area (Å²) in [6.07, 6.45) is 2.06. The lowest BCUT2D eigenvalue weighted by Crippen LogP contribution is -2.31. The summed E-state index contributed by atoms with van der Waals surface area (Å²) < 4.78 is 0. The summed E-state index contributed by atoms with van der Waals surface area (Å²) in [5.41, 5.74) is 1.23. The second kappa shape index (κ2) is 7.90. The molecule has 0 saturated carbocycles. The van der Waals surface area contributed by atoms with Crippen molar-refractivity contribution in [2.45, 2.75) is 6.42 Å². The number of rotatable bonds is 4. The van der Waals surface area contributed by atoms with Crippen LogP contribution < -0.4 is 10.6 Å². The minimum atomic E-state index is 0.318. The number of halogens is 2. The van der Waals surface area contributed by atoms with Gasteiger partial charge in [-0.25, -0.2) is 0 Å². The molecule has 0 saturated heterocycles. The van der Waals surface area contributed by atoms with Gasteiger partial charge >= 0.3 is 0 Å². The molecule has 1 heterocycles. The zero-order chi connectivity index (χ0) is 15.9. The van der Waals surface area contributed by atoms with Crippen molar-refractivity contribution in [3.63, 3.8) is 0 Å². The molecule has 0 aliphatic rings. The summed E-state index contributed by atoms with van der Waals surface area (Å²) in [5, 5.41) is 23.9. The summed E-state index contributed by atoms with van der Waals surface area (Å²) in [6.45, 7) is 0.539.